The van der Waals surface area contributed by atoms with Crippen molar-refractivity contribution < 1.29 is 4.79 Å². The van der Waals surface area contributed by atoms with Crippen molar-refractivity contribution in [1.29, 1.82) is 0 Å². The van der Waals surface area contributed by atoms with Crippen molar-refractivity contribution in [2.45, 2.75) is 58.9 Å². The lowest BCUT2D eigenvalue weighted by atomic mass is 9.71. The molecule has 2 fully saturated rings. The van der Waals surface area contributed by atoms with Crippen LogP contribution < -0.4 is 0 Å². The molecule has 0 bridgehead atoms. The Balaban J connectivity index is 1.97. The van der Waals surface area contributed by atoms with Gasteiger partial charge in [0.25, 0.3) is 0 Å². The number of likely N-dealkylation sites (tertiary alicyclic amines) is 1. The van der Waals surface area contributed by atoms with Gasteiger partial charge in [-0.25, -0.2) is 0 Å². The third-order valence-electron chi connectivity index (χ3n) is 4.95. The van der Waals surface area contributed by atoms with Crippen LogP contribution in [0.2, 0.25) is 0 Å². The number of hydrogen-bond acceptors (Lipinski definition) is 2. The SMILES string of the molecule is CC1CCC(C=O)(CN2CC(C)CC2C)CC1. The average Bonchev–Trinajstić information content (AvgIpc) is 2.61. The molecule has 2 atom stereocenters. The van der Waals surface area contributed by atoms with Crippen molar-refractivity contribution in [2.24, 2.45) is 17.3 Å². The summed E-state index contributed by atoms with van der Waals surface area (Å²) in [5, 5.41) is 0. The molecule has 1 saturated heterocycles. The van der Waals surface area contributed by atoms with Crippen LogP contribution in [0.25, 0.3) is 0 Å². The molecular weight excluding hydrogens is 210 g/mol. The topological polar surface area (TPSA) is 20.3 Å². The Morgan fingerprint density at radius 2 is 1.82 bits per heavy atom. The minimum Gasteiger partial charge on any atom is -0.303 e. The molecule has 0 aromatic heterocycles. The molecule has 1 aliphatic carbocycles. The first-order valence-electron chi connectivity index (χ1n) is 7.25. The van der Waals surface area contributed by atoms with Crippen LogP contribution in [-0.4, -0.2) is 30.3 Å². The van der Waals surface area contributed by atoms with Crippen LogP contribution in [0.5, 0.6) is 0 Å². The van der Waals surface area contributed by atoms with E-state index in [1.807, 2.05) is 0 Å². The summed E-state index contributed by atoms with van der Waals surface area (Å²) in [6.07, 6.45) is 7.25. The first-order chi connectivity index (χ1) is 8.04. The second-order valence-electron chi connectivity index (χ2n) is 6.78. The van der Waals surface area contributed by atoms with E-state index >= 15 is 0 Å². The normalized spacial score (nSPS) is 43.8. The van der Waals surface area contributed by atoms with Gasteiger partial charge in [-0.05, 0) is 50.9 Å². The molecule has 98 valence electrons. The van der Waals surface area contributed by atoms with Crippen LogP contribution in [0.1, 0.15) is 52.9 Å². The van der Waals surface area contributed by atoms with Crippen LogP contribution in [0, 0.1) is 17.3 Å². The lowest BCUT2D eigenvalue weighted by molar-refractivity contribution is -0.119. The quantitative estimate of drug-likeness (QED) is 0.703. The Bertz CT molecular complexity index is 268. The maximum Gasteiger partial charge on any atom is 0.127 e. The van der Waals surface area contributed by atoms with Gasteiger partial charge in [-0.2, -0.15) is 0 Å². The molecule has 0 amide bonds. The van der Waals surface area contributed by atoms with Gasteiger partial charge in [0.2, 0.25) is 0 Å². The maximum absolute atomic E-state index is 11.5. The predicted octanol–water partition coefficient (Wildman–Crippen LogP) is 3.11. The molecule has 1 saturated carbocycles. The summed E-state index contributed by atoms with van der Waals surface area (Å²) >= 11 is 0. The number of rotatable bonds is 3. The molecule has 2 nitrogen and oxygen atoms in total. The molecular formula is C15H27NO. The van der Waals surface area contributed by atoms with Gasteiger partial charge in [-0.15, -0.1) is 0 Å². The molecule has 2 unspecified atom stereocenters. The third kappa shape index (κ3) is 2.90. The standard InChI is InChI=1S/C15H27NO/c1-12-4-6-15(11-17,7-5-12)10-16-9-13(2)8-14(16)3/h11-14H,4-10H2,1-3H3. The van der Waals surface area contributed by atoms with Gasteiger partial charge in [0.15, 0.2) is 0 Å². The highest BCUT2D eigenvalue weighted by Crippen LogP contribution is 2.39. The number of carbonyl (C=O) groups is 1. The van der Waals surface area contributed by atoms with Crippen molar-refractivity contribution in [2.75, 3.05) is 13.1 Å². The number of carbonyl (C=O) groups excluding carboxylic acids is 1. The fraction of sp³-hybridized carbons (Fsp3) is 0.933. The van der Waals surface area contributed by atoms with Crippen molar-refractivity contribution in [3.63, 3.8) is 0 Å². The third-order valence-corrected chi connectivity index (χ3v) is 4.95. The van der Waals surface area contributed by atoms with Gasteiger partial charge in [0.1, 0.15) is 6.29 Å². The lowest BCUT2D eigenvalue weighted by Crippen LogP contribution is -2.42. The van der Waals surface area contributed by atoms with Crippen molar-refractivity contribution in [1.82, 2.24) is 4.90 Å². The highest BCUT2D eigenvalue weighted by atomic mass is 16.1. The van der Waals surface area contributed by atoms with E-state index in [1.54, 1.807) is 0 Å². The van der Waals surface area contributed by atoms with Crippen molar-refractivity contribution >= 4 is 6.29 Å². The summed E-state index contributed by atoms with van der Waals surface area (Å²) in [6, 6.07) is 0.668. The highest BCUT2D eigenvalue weighted by Gasteiger charge is 2.38. The molecule has 2 rings (SSSR count). The molecule has 1 heterocycles. The van der Waals surface area contributed by atoms with Gasteiger partial charge >= 0.3 is 0 Å². The van der Waals surface area contributed by atoms with E-state index in [9.17, 15) is 4.79 Å². The average molecular weight is 237 g/mol. The lowest BCUT2D eigenvalue weighted by Gasteiger charge is -2.39. The van der Waals surface area contributed by atoms with Gasteiger partial charge in [0.05, 0.1) is 0 Å². The van der Waals surface area contributed by atoms with Crippen molar-refractivity contribution in [3.05, 3.63) is 0 Å². The Kier molecular flexibility index (Phi) is 3.92. The second-order valence-corrected chi connectivity index (χ2v) is 6.78. The second kappa shape index (κ2) is 5.09. The van der Waals surface area contributed by atoms with Crippen LogP contribution in [-0.2, 0) is 4.79 Å². The Labute approximate surface area is 106 Å². The summed E-state index contributed by atoms with van der Waals surface area (Å²) in [7, 11) is 0. The summed E-state index contributed by atoms with van der Waals surface area (Å²) in [4.78, 5) is 14.1. The molecule has 17 heavy (non-hydrogen) atoms. The van der Waals surface area contributed by atoms with Crippen LogP contribution in [0.4, 0.5) is 0 Å². The van der Waals surface area contributed by atoms with Gasteiger partial charge in [-0.3, -0.25) is 4.90 Å². The molecule has 0 aromatic carbocycles. The summed E-state index contributed by atoms with van der Waals surface area (Å²) in [6.45, 7) is 9.15. The number of aldehydes is 1. The minimum absolute atomic E-state index is 0.0230. The molecule has 0 N–H and O–H groups in total. The summed E-state index contributed by atoms with van der Waals surface area (Å²) in [5.74, 6) is 1.62. The monoisotopic (exact) mass is 237 g/mol. The fourth-order valence-corrected chi connectivity index (χ4v) is 3.66. The smallest absolute Gasteiger partial charge is 0.127 e. The van der Waals surface area contributed by atoms with Crippen LogP contribution in [0.15, 0.2) is 0 Å². The summed E-state index contributed by atoms with van der Waals surface area (Å²) < 4.78 is 0. The zero-order valence-electron chi connectivity index (χ0n) is 11.6. The molecule has 0 aromatic rings. The predicted molar refractivity (Wildman–Crippen MR) is 70.9 cm³/mol. The molecule has 2 aliphatic rings. The molecule has 1 aliphatic heterocycles. The molecule has 2 heteroatoms. The van der Waals surface area contributed by atoms with Gasteiger partial charge in [-0.1, -0.05) is 13.8 Å². The molecule has 0 spiro atoms. The maximum atomic E-state index is 11.5. The zero-order valence-corrected chi connectivity index (χ0v) is 11.6. The molecule has 0 radical (unpaired) electrons. The van der Waals surface area contributed by atoms with E-state index in [0.717, 1.165) is 31.2 Å². The van der Waals surface area contributed by atoms with Gasteiger partial charge < -0.3 is 4.79 Å². The highest BCUT2D eigenvalue weighted by molar-refractivity contribution is 5.60. The van der Waals surface area contributed by atoms with Gasteiger partial charge in [0, 0.05) is 24.5 Å². The Morgan fingerprint density at radius 1 is 1.18 bits per heavy atom. The number of nitrogens with zero attached hydrogens (tertiary/aromatic N) is 1. The zero-order chi connectivity index (χ0) is 12.5. The Hall–Kier alpha value is -0.370. The van der Waals surface area contributed by atoms with E-state index in [2.05, 4.69) is 25.7 Å². The first-order valence-corrected chi connectivity index (χ1v) is 7.25. The summed E-state index contributed by atoms with van der Waals surface area (Å²) in [5.41, 5.74) is -0.0230. The first kappa shape index (κ1) is 13.1. The van der Waals surface area contributed by atoms with E-state index < -0.39 is 0 Å². The van der Waals surface area contributed by atoms with E-state index in [1.165, 1.54) is 32.1 Å². The number of hydrogen-bond donors (Lipinski definition) is 0. The van der Waals surface area contributed by atoms with E-state index in [-0.39, 0.29) is 5.41 Å². The van der Waals surface area contributed by atoms with Crippen molar-refractivity contribution in [3.8, 4) is 0 Å². The van der Waals surface area contributed by atoms with Crippen LogP contribution in [0.3, 0.4) is 0 Å². The van der Waals surface area contributed by atoms with E-state index in [4.69, 9.17) is 0 Å². The van der Waals surface area contributed by atoms with Crippen LogP contribution >= 0.6 is 0 Å². The largest absolute Gasteiger partial charge is 0.303 e. The Morgan fingerprint density at radius 3 is 2.29 bits per heavy atom. The van der Waals surface area contributed by atoms with E-state index in [0.29, 0.717) is 6.04 Å². The fourth-order valence-electron chi connectivity index (χ4n) is 3.66. The minimum atomic E-state index is -0.0230.